The predicted molar refractivity (Wildman–Crippen MR) is 112 cm³/mol. The number of ether oxygens (including phenoxy) is 1. The third-order valence-electron chi connectivity index (χ3n) is 6.19. The van der Waals surface area contributed by atoms with Crippen molar-refractivity contribution in [2.24, 2.45) is 5.92 Å². The molecule has 1 aliphatic carbocycles. The van der Waals surface area contributed by atoms with Crippen molar-refractivity contribution >= 4 is 23.5 Å². The third-order valence-corrected chi connectivity index (χ3v) is 6.19. The molecule has 3 rings (SSSR count). The Morgan fingerprint density at radius 1 is 1.14 bits per heavy atom. The van der Waals surface area contributed by atoms with Crippen LogP contribution in [0.1, 0.15) is 63.0 Å². The van der Waals surface area contributed by atoms with Crippen LogP contribution in [0.25, 0.3) is 0 Å². The summed E-state index contributed by atoms with van der Waals surface area (Å²) in [6.45, 7) is 5.87. The SMILES string of the molecule is Cc1cccc(N2C[C@@H](C(=O)O[C@H](C)C(=O)NC3CCCCCC3)CC2=O)c1C. The molecule has 158 valence electrons. The molecule has 1 aliphatic heterocycles. The molecule has 0 radical (unpaired) electrons. The van der Waals surface area contributed by atoms with Gasteiger partial charge in [0.05, 0.1) is 5.92 Å². The van der Waals surface area contributed by atoms with Gasteiger partial charge >= 0.3 is 5.97 Å². The van der Waals surface area contributed by atoms with E-state index in [2.05, 4.69) is 5.32 Å². The van der Waals surface area contributed by atoms with Gasteiger partial charge in [-0.15, -0.1) is 0 Å². The van der Waals surface area contributed by atoms with Crippen molar-refractivity contribution in [3.8, 4) is 0 Å². The molecule has 2 fully saturated rings. The number of carbonyl (C=O) groups is 3. The number of aryl methyl sites for hydroxylation is 1. The molecule has 0 bridgehead atoms. The number of carbonyl (C=O) groups excluding carboxylic acids is 3. The summed E-state index contributed by atoms with van der Waals surface area (Å²) in [6.07, 6.45) is 5.89. The van der Waals surface area contributed by atoms with E-state index >= 15 is 0 Å². The largest absolute Gasteiger partial charge is 0.452 e. The molecule has 0 aromatic heterocycles. The summed E-state index contributed by atoms with van der Waals surface area (Å²) < 4.78 is 5.43. The van der Waals surface area contributed by atoms with Crippen LogP contribution in [0, 0.1) is 19.8 Å². The Labute approximate surface area is 173 Å². The molecule has 1 heterocycles. The molecule has 2 aliphatic rings. The number of rotatable bonds is 5. The maximum absolute atomic E-state index is 12.6. The van der Waals surface area contributed by atoms with Crippen LogP contribution in [0.5, 0.6) is 0 Å². The van der Waals surface area contributed by atoms with Crippen LogP contribution in [-0.2, 0) is 19.1 Å². The van der Waals surface area contributed by atoms with Crippen LogP contribution < -0.4 is 10.2 Å². The zero-order valence-electron chi connectivity index (χ0n) is 17.7. The second-order valence-corrected chi connectivity index (χ2v) is 8.40. The highest BCUT2D eigenvalue weighted by Gasteiger charge is 2.38. The summed E-state index contributed by atoms with van der Waals surface area (Å²) in [4.78, 5) is 39.2. The Balaban J connectivity index is 1.55. The lowest BCUT2D eigenvalue weighted by Crippen LogP contribution is -2.42. The first-order valence-electron chi connectivity index (χ1n) is 10.7. The number of esters is 1. The maximum atomic E-state index is 12.6. The van der Waals surface area contributed by atoms with Crippen LogP contribution in [0.15, 0.2) is 18.2 Å². The minimum Gasteiger partial charge on any atom is -0.452 e. The average molecular weight is 401 g/mol. The molecule has 29 heavy (non-hydrogen) atoms. The van der Waals surface area contributed by atoms with Crippen LogP contribution in [0.3, 0.4) is 0 Å². The van der Waals surface area contributed by atoms with Gasteiger partial charge in [0, 0.05) is 24.7 Å². The number of benzene rings is 1. The Kier molecular flexibility index (Phi) is 6.93. The Morgan fingerprint density at radius 3 is 2.52 bits per heavy atom. The van der Waals surface area contributed by atoms with Gasteiger partial charge < -0.3 is 15.0 Å². The molecular formula is C23H32N2O4. The van der Waals surface area contributed by atoms with Gasteiger partial charge in [-0.05, 0) is 50.8 Å². The summed E-state index contributed by atoms with van der Waals surface area (Å²) in [7, 11) is 0. The number of nitrogens with one attached hydrogen (secondary N) is 1. The van der Waals surface area contributed by atoms with Gasteiger partial charge in [0.2, 0.25) is 5.91 Å². The lowest BCUT2D eigenvalue weighted by Gasteiger charge is -2.21. The fraction of sp³-hybridized carbons (Fsp3) is 0.609. The zero-order chi connectivity index (χ0) is 21.0. The summed E-state index contributed by atoms with van der Waals surface area (Å²) in [5, 5.41) is 3.02. The van der Waals surface area contributed by atoms with Gasteiger partial charge in [-0.1, -0.05) is 37.8 Å². The smallest absolute Gasteiger partial charge is 0.312 e. The fourth-order valence-corrected chi connectivity index (χ4v) is 4.19. The number of hydrogen-bond acceptors (Lipinski definition) is 4. The number of anilines is 1. The summed E-state index contributed by atoms with van der Waals surface area (Å²) >= 11 is 0. The summed E-state index contributed by atoms with van der Waals surface area (Å²) in [6, 6.07) is 5.98. The minimum absolute atomic E-state index is 0.0868. The normalized spacial score (nSPS) is 21.6. The zero-order valence-corrected chi connectivity index (χ0v) is 17.7. The maximum Gasteiger partial charge on any atom is 0.312 e. The lowest BCUT2D eigenvalue weighted by atomic mass is 10.1. The van der Waals surface area contributed by atoms with Crippen LogP contribution in [-0.4, -0.2) is 36.5 Å². The molecule has 2 atom stereocenters. The second-order valence-electron chi connectivity index (χ2n) is 8.40. The summed E-state index contributed by atoms with van der Waals surface area (Å²) in [5.41, 5.74) is 2.97. The van der Waals surface area contributed by atoms with Crippen molar-refractivity contribution < 1.29 is 19.1 Å². The van der Waals surface area contributed by atoms with Gasteiger partial charge in [0.1, 0.15) is 0 Å². The number of hydrogen-bond donors (Lipinski definition) is 1. The first-order valence-corrected chi connectivity index (χ1v) is 10.7. The minimum atomic E-state index is -0.851. The van der Waals surface area contributed by atoms with Gasteiger partial charge in [0.25, 0.3) is 5.91 Å². The number of amides is 2. The monoisotopic (exact) mass is 400 g/mol. The Bertz CT molecular complexity index is 768. The van der Waals surface area contributed by atoms with Crippen molar-refractivity contribution in [3.63, 3.8) is 0 Å². The van der Waals surface area contributed by atoms with Crippen molar-refractivity contribution in [2.45, 2.75) is 77.9 Å². The lowest BCUT2D eigenvalue weighted by molar-refractivity contribution is -0.158. The predicted octanol–water partition coefficient (Wildman–Crippen LogP) is 3.43. The van der Waals surface area contributed by atoms with Crippen LogP contribution in [0.4, 0.5) is 5.69 Å². The van der Waals surface area contributed by atoms with Crippen molar-refractivity contribution in [1.82, 2.24) is 5.32 Å². The van der Waals surface area contributed by atoms with Gasteiger partial charge in [0.15, 0.2) is 6.10 Å². The van der Waals surface area contributed by atoms with Crippen molar-refractivity contribution in [3.05, 3.63) is 29.3 Å². The molecule has 1 N–H and O–H groups in total. The molecule has 1 saturated carbocycles. The van der Waals surface area contributed by atoms with E-state index in [1.165, 1.54) is 12.8 Å². The van der Waals surface area contributed by atoms with E-state index in [9.17, 15) is 14.4 Å². The first-order chi connectivity index (χ1) is 13.9. The highest BCUT2D eigenvalue weighted by molar-refractivity contribution is 6.00. The molecule has 6 nitrogen and oxygen atoms in total. The molecule has 6 heteroatoms. The van der Waals surface area contributed by atoms with E-state index in [-0.39, 0.29) is 24.3 Å². The second kappa shape index (κ2) is 9.42. The van der Waals surface area contributed by atoms with E-state index < -0.39 is 18.0 Å². The molecule has 1 saturated heterocycles. The van der Waals surface area contributed by atoms with E-state index in [1.807, 2.05) is 32.0 Å². The van der Waals surface area contributed by atoms with Crippen molar-refractivity contribution in [2.75, 3.05) is 11.4 Å². The topological polar surface area (TPSA) is 75.7 Å². The molecule has 1 aromatic carbocycles. The molecule has 1 aromatic rings. The number of nitrogens with zero attached hydrogens (tertiary/aromatic N) is 1. The Morgan fingerprint density at radius 2 is 1.83 bits per heavy atom. The Hall–Kier alpha value is -2.37. The van der Waals surface area contributed by atoms with E-state index in [0.717, 1.165) is 42.5 Å². The van der Waals surface area contributed by atoms with E-state index in [4.69, 9.17) is 4.74 Å². The van der Waals surface area contributed by atoms with Crippen LogP contribution in [0.2, 0.25) is 0 Å². The van der Waals surface area contributed by atoms with E-state index in [0.29, 0.717) is 6.54 Å². The highest BCUT2D eigenvalue weighted by atomic mass is 16.5. The molecule has 0 unspecified atom stereocenters. The van der Waals surface area contributed by atoms with Gasteiger partial charge in [-0.3, -0.25) is 14.4 Å². The summed E-state index contributed by atoms with van der Waals surface area (Å²) in [5.74, 6) is -1.36. The van der Waals surface area contributed by atoms with Crippen molar-refractivity contribution in [1.29, 1.82) is 0 Å². The molecular weight excluding hydrogens is 368 g/mol. The van der Waals surface area contributed by atoms with Gasteiger partial charge in [-0.2, -0.15) is 0 Å². The third kappa shape index (κ3) is 5.17. The molecule has 0 spiro atoms. The van der Waals surface area contributed by atoms with E-state index in [1.54, 1.807) is 11.8 Å². The van der Waals surface area contributed by atoms with Crippen LogP contribution >= 0.6 is 0 Å². The highest BCUT2D eigenvalue weighted by Crippen LogP contribution is 2.30. The average Bonchev–Trinajstić information content (AvgIpc) is 2.89. The standard InChI is InChI=1S/C23H32N2O4/c1-15-9-8-12-20(16(15)2)25-14-18(13-21(25)26)23(28)29-17(3)22(27)24-19-10-6-4-5-7-11-19/h8-9,12,17-19H,4-7,10-11,13-14H2,1-3H3,(H,24,27)/t17-,18+/m1/s1. The molecule has 2 amide bonds. The fourth-order valence-electron chi connectivity index (χ4n) is 4.19. The first kappa shape index (κ1) is 21.3. The quantitative estimate of drug-likeness (QED) is 0.607. The van der Waals surface area contributed by atoms with Gasteiger partial charge in [-0.25, -0.2) is 0 Å².